The number of rotatable bonds is 4. The Morgan fingerprint density at radius 1 is 1.60 bits per heavy atom. The molecule has 1 aromatic carbocycles. The smallest absolute Gasteiger partial charge is 0.328 e. The van der Waals surface area contributed by atoms with Gasteiger partial charge in [-0.05, 0) is 35.8 Å². The topological polar surface area (TPSA) is 44.1 Å². The summed E-state index contributed by atoms with van der Waals surface area (Å²) < 4.78 is 20.6. The Balaban J connectivity index is 2.60. The number of imidazole rings is 1. The van der Waals surface area contributed by atoms with E-state index in [0.717, 1.165) is 0 Å². The number of benzene rings is 1. The summed E-state index contributed by atoms with van der Waals surface area (Å²) in [6, 6.07) is 2.28. The van der Waals surface area contributed by atoms with Crippen LogP contribution in [0.4, 0.5) is 4.39 Å². The summed E-state index contributed by atoms with van der Waals surface area (Å²) in [6.45, 7) is 3.69. The second-order valence-corrected chi connectivity index (χ2v) is 5.34. The van der Waals surface area contributed by atoms with Gasteiger partial charge in [-0.1, -0.05) is 0 Å². The van der Waals surface area contributed by atoms with Gasteiger partial charge in [-0.15, -0.1) is 11.6 Å². The molecule has 1 aromatic heterocycles. The number of alkyl halides is 1. The molecule has 0 radical (unpaired) electrons. The average Bonchev–Trinajstić information content (AvgIpc) is 2.76. The van der Waals surface area contributed by atoms with Crippen LogP contribution in [-0.4, -0.2) is 22.1 Å². The zero-order valence-electron chi connectivity index (χ0n) is 11.0. The summed E-state index contributed by atoms with van der Waals surface area (Å²) in [5.74, 6) is -0.199. The Morgan fingerprint density at radius 2 is 2.30 bits per heavy atom. The summed E-state index contributed by atoms with van der Waals surface area (Å²) in [6.07, 6.45) is 0. The van der Waals surface area contributed by atoms with Gasteiger partial charge in [0, 0.05) is 6.07 Å². The predicted molar refractivity (Wildman–Crippen MR) is 78.3 cm³/mol. The second kappa shape index (κ2) is 6.10. The third kappa shape index (κ3) is 2.67. The fourth-order valence-corrected chi connectivity index (χ4v) is 2.55. The number of fused-ring (bicyclic) bond motifs is 1. The van der Waals surface area contributed by atoms with Gasteiger partial charge in [-0.2, -0.15) is 0 Å². The lowest BCUT2D eigenvalue weighted by Gasteiger charge is -2.15. The highest BCUT2D eigenvalue weighted by Crippen LogP contribution is 2.27. The van der Waals surface area contributed by atoms with Crippen LogP contribution in [-0.2, 0) is 15.4 Å². The normalized spacial score (nSPS) is 12.7. The van der Waals surface area contributed by atoms with Gasteiger partial charge in [-0.3, -0.25) is 0 Å². The summed E-state index contributed by atoms with van der Waals surface area (Å²) >= 11 is 8.98. The van der Waals surface area contributed by atoms with E-state index in [-0.39, 0.29) is 12.5 Å². The molecule has 0 bridgehead atoms. The van der Waals surface area contributed by atoms with E-state index < -0.39 is 17.8 Å². The second-order valence-electron chi connectivity index (χ2n) is 4.21. The number of hydrogen-bond acceptors (Lipinski definition) is 3. The van der Waals surface area contributed by atoms with Crippen molar-refractivity contribution in [1.29, 1.82) is 0 Å². The van der Waals surface area contributed by atoms with Gasteiger partial charge in [-0.25, -0.2) is 14.2 Å². The van der Waals surface area contributed by atoms with E-state index in [9.17, 15) is 9.18 Å². The van der Waals surface area contributed by atoms with Gasteiger partial charge in [0.25, 0.3) is 0 Å². The number of ether oxygens (including phenoxy) is 1. The highest BCUT2D eigenvalue weighted by molar-refractivity contribution is 9.10. The number of carbonyl (C=O) groups is 1. The van der Waals surface area contributed by atoms with Gasteiger partial charge in [0.15, 0.2) is 0 Å². The number of nitrogens with zero attached hydrogens (tertiary/aromatic N) is 2. The number of hydrogen-bond donors (Lipinski definition) is 0. The van der Waals surface area contributed by atoms with E-state index in [0.29, 0.717) is 21.3 Å². The molecule has 20 heavy (non-hydrogen) atoms. The standard InChI is InChI=1S/C13H13BrClFN2O2/c1-3-20-13(19)7(2)18-11-5-9(16)8(14)4-10(11)17-12(18)6-15/h4-5,7H,3,6H2,1-2H3. The lowest BCUT2D eigenvalue weighted by Crippen LogP contribution is -2.20. The number of halogens is 3. The fraction of sp³-hybridized carbons (Fsp3) is 0.385. The zero-order chi connectivity index (χ0) is 14.9. The van der Waals surface area contributed by atoms with E-state index in [1.54, 1.807) is 24.5 Å². The van der Waals surface area contributed by atoms with Crippen molar-refractivity contribution in [3.8, 4) is 0 Å². The summed E-state index contributed by atoms with van der Waals surface area (Å²) in [7, 11) is 0. The molecule has 0 spiro atoms. The Labute approximate surface area is 129 Å². The summed E-state index contributed by atoms with van der Waals surface area (Å²) in [5.41, 5.74) is 1.09. The Morgan fingerprint density at radius 3 is 2.90 bits per heavy atom. The number of esters is 1. The van der Waals surface area contributed by atoms with Crippen molar-refractivity contribution in [2.24, 2.45) is 0 Å². The molecule has 2 aromatic rings. The van der Waals surface area contributed by atoms with E-state index in [1.807, 2.05) is 0 Å². The van der Waals surface area contributed by atoms with Crippen molar-refractivity contribution in [2.45, 2.75) is 25.8 Å². The van der Waals surface area contributed by atoms with Crippen LogP contribution >= 0.6 is 27.5 Å². The van der Waals surface area contributed by atoms with Crippen LogP contribution in [0.2, 0.25) is 0 Å². The maximum absolute atomic E-state index is 13.7. The molecule has 0 aliphatic carbocycles. The van der Waals surface area contributed by atoms with Crippen LogP contribution in [0.25, 0.3) is 11.0 Å². The minimum atomic E-state index is -0.616. The number of aromatic nitrogens is 2. The summed E-state index contributed by atoms with van der Waals surface area (Å²) in [4.78, 5) is 16.2. The quantitative estimate of drug-likeness (QED) is 0.613. The van der Waals surface area contributed by atoms with Crippen molar-refractivity contribution in [1.82, 2.24) is 9.55 Å². The van der Waals surface area contributed by atoms with Crippen molar-refractivity contribution in [3.05, 3.63) is 28.2 Å². The molecule has 1 atom stereocenters. The van der Waals surface area contributed by atoms with Crippen LogP contribution in [0.1, 0.15) is 25.7 Å². The molecular formula is C13H13BrClFN2O2. The highest BCUT2D eigenvalue weighted by atomic mass is 79.9. The fourth-order valence-electron chi connectivity index (χ4n) is 2.03. The molecule has 0 N–H and O–H groups in total. The zero-order valence-corrected chi connectivity index (χ0v) is 13.3. The first-order chi connectivity index (χ1) is 9.49. The lowest BCUT2D eigenvalue weighted by atomic mass is 10.2. The van der Waals surface area contributed by atoms with E-state index in [1.165, 1.54) is 6.07 Å². The predicted octanol–water partition coefficient (Wildman–Crippen LogP) is 3.80. The highest BCUT2D eigenvalue weighted by Gasteiger charge is 2.23. The first kappa shape index (κ1) is 15.3. The first-order valence-electron chi connectivity index (χ1n) is 6.08. The minimum absolute atomic E-state index is 0.123. The van der Waals surface area contributed by atoms with Crippen molar-refractivity contribution in [2.75, 3.05) is 6.61 Å². The molecule has 0 aliphatic heterocycles. The summed E-state index contributed by atoms with van der Waals surface area (Å²) in [5, 5.41) is 0. The monoisotopic (exact) mass is 362 g/mol. The van der Waals surface area contributed by atoms with Gasteiger partial charge in [0.05, 0.1) is 28.0 Å². The van der Waals surface area contributed by atoms with Crippen LogP contribution in [0.3, 0.4) is 0 Å². The number of carbonyl (C=O) groups excluding carboxylic acids is 1. The SMILES string of the molecule is CCOC(=O)C(C)n1c(CCl)nc2cc(Br)c(F)cc21. The van der Waals surface area contributed by atoms with Crippen molar-refractivity contribution >= 4 is 44.5 Å². The molecule has 7 heteroatoms. The van der Waals surface area contributed by atoms with Gasteiger partial charge in [0.2, 0.25) is 0 Å². The third-order valence-corrected chi connectivity index (χ3v) is 3.79. The van der Waals surface area contributed by atoms with Crippen LogP contribution in [0.15, 0.2) is 16.6 Å². The van der Waals surface area contributed by atoms with Crippen molar-refractivity contribution < 1.29 is 13.9 Å². The maximum Gasteiger partial charge on any atom is 0.328 e. The molecule has 0 aliphatic rings. The van der Waals surface area contributed by atoms with E-state index >= 15 is 0 Å². The molecule has 0 amide bonds. The Kier molecular flexibility index (Phi) is 4.65. The molecule has 1 heterocycles. The maximum atomic E-state index is 13.7. The van der Waals surface area contributed by atoms with Gasteiger partial charge >= 0.3 is 5.97 Å². The Bertz CT molecular complexity index is 659. The Hall–Kier alpha value is -1.14. The minimum Gasteiger partial charge on any atom is -0.464 e. The molecule has 0 fully saturated rings. The molecule has 0 saturated carbocycles. The van der Waals surface area contributed by atoms with Crippen LogP contribution < -0.4 is 0 Å². The van der Waals surface area contributed by atoms with E-state index in [4.69, 9.17) is 16.3 Å². The molecule has 1 unspecified atom stereocenters. The molecular weight excluding hydrogens is 351 g/mol. The average molecular weight is 364 g/mol. The van der Waals surface area contributed by atoms with Crippen LogP contribution in [0, 0.1) is 5.82 Å². The molecule has 0 saturated heterocycles. The molecule has 108 valence electrons. The van der Waals surface area contributed by atoms with Crippen LogP contribution in [0.5, 0.6) is 0 Å². The molecule has 4 nitrogen and oxygen atoms in total. The molecule has 2 rings (SSSR count). The largest absolute Gasteiger partial charge is 0.464 e. The van der Waals surface area contributed by atoms with Gasteiger partial charge in [0.1, 0.15) is 17.7 Å². The first-order valence-corrected chi connectivity index (χ1v) is 7.40. The van der Waals surface area contributed by atoms with Gasteiger partial charge < -0.3 is 9.30 Å². The van der Waals surface area contributed by atoms with Crippen molar-refractivity contribution in [3.63, 3.8) is 0 Å². The lowest BCUT2D eigenvalue weighted by molar-refractivity contribution is -0.146. The van der Waals surface area contributed by atoms with E-state index in [2.05, 4.69) is 20.9 Å². The third-order valence-electron chi connectivity index (χ3n) is 2.94.